The molecule has 0 bridgehead atoms. The molecule has 0 spiro atoms. The lowest BCUT2D eigenvalue weighted by Gasteiger charge is -2.31. The average molecular weight is 553 g/mol. The third-order valence-corrected chi connectivity index (χ3v) is 9.00. The van der Waals surface area contributed by atoms with E-state index in [1.54, 1.807) is 11.6 Å². The minimum Gasteiger partial charge on any atom is -0.392 e. The van der Waals surface area contributed by atoms with E-state index in [-0.39, 0.29) is 18.1 Å². The highest BCUT2D eigenvalue weighted by Crippen LogP contribution is 2.35. The van der Waals surface area contributed by atoms with Gasteiger partial charge in [0.25, 0.3) is 11.5 Å². The Labute approximate surface area is 239 Å². The topological polar surface area (TPSA) is 88.5 Å². The number of benzene rings is 1. The van der Waals surface area contributed by atoms with Crippen molar-refractivity contribution in [2.24, 2.45) is 7.05 Å². The molecule has 0 saturated heterocycles. The largest absolute Gasteiger partial charge is 0.392 e. The molecule has 7 rings (SSSR count). The minimum atomic E-state index is -0.216. The summed E-state index contributed by atoms with van der Waals surface area (Å²) in [7, 11) is 3.86. The van der Waals surface area contributed by atoms with Crippen molar-refractivity contribution < 1.29 is 9.90 Å². The fourth-order valence-corrected chi connectivity index (χ4v) is 6.92. The molecule has 1 N–H and O–H groups in total. The number of likely N-dealkylation sites (N-methyl/N-ethyl adjacent to an activating group) is 1. The first-order chi connectivity index (χ1) is 19.9. The molecule has 3 aromatic heterocycles. The van der Waals surface area contributed by atoms with E-state index in [1.165, 1.54) is 24.1 Å². The highest BCUT2D eigenvalue weighted by molar-refractivity contribution is 6.07. The van der Waals surface area contributed by atoms with Crippen LogP contribution in [0.3, 0.4) is 0 Å². The lowest BCUT2D eigenvalue weighted by Crippen LogP contribution is -2.41. The highest BCUT2D eigenvalue weighted by atomic mass is 16.3. The van der Waals surface area contributed by atoms with Crippen molar-refractivity contribution in [1.82, 2.24) is 23.8 Å². The van der Waals surface area contributed by atoms with Crippen LogP contribution in [0.15, 0.2) is 47.4 Å². The van der Waals surface area contributed by atoms with Crippen LogP contribution in [0.4, 0.5) is 5.69 Å². The quantitative estimate of drug-likeness (QED) is 0.411. The summed E-state index contributed by atoms with van der Waals surface area (Å²) in [5, 5.41) is 15.4. The Kier molecular flexibility index (Phi) is 6.43. The van der Waals surface area contributed by atoms with E-state index in [0.717, 1.165) is 72.9 Å². The van der Waals surface area contributed by atoms with Crippen molar-refractivity contribution >= 4 is 11.6 Å². The molecule has 1 aliphatic carbocycles. The van der Waals surface area contributed by atoms with Crippen LogP contribution in [-0.2, 0) is 52.6 Å². The van der Waals surface area contributed by atoms with Gasteiger partial charge in [0, 0.05) is 62.7 Å². The Bertz CT molecular complexity index is 1730. The smallest absolute Gasteiger partial charge is 0.274 e. The first-order valence-corrected chi connectivity index (χ1v) is 14.6. The second kappa shape index (κ2) is 10.2. The van der Waals surface area contributed by atoms with E-state index in [1.807, 2.05) is 40.0 Å². The van der Waals surface area contributed by atoms with Gasteiger partial charge in [0.1, 0.15) is 5.69 Å². The number of hydrogen-bond acceptors (Lipinski definition) is 5. The molecule has 2 aliphatic heterocycles. The van der Waals surface area contributed by atoms with Crippen LogP contribution >= 0.6 is 0 Å². The zero-order valence-corrected chi connectivity index (χ0v) is 23.8. The number of anilines is 1. The molecule has 0 atom stereocenters. The van der Waals surface area contributed by atoms with E-state index in [2.05, 4.69) is 28.6 Å². The third kappa shape index (κ3) is 4.44. The van der Waals surface area contributed by atoms with Gasteiger partial charge < -0.3 is 19.1 Å². The second-order valence-corrected chi connectivity index (χ2v) is 11.7. The molecular formula is C32H36N6O3. The molecule has 1 amide bonds. The number of aliphatic hydroxyl groups excluding tert-OH is 1. The first kappa shape index (κ1) is 26.0. The van der Waals surface area contributed by atoms with E-state index < -0.39 is 0 Å². The van der Waals surface area contributed by atoms with Crippen LogP contribution in [0.5, 0.6) is 0 Å². The van der Waals surface area contributed by atoms with Gasteiger partial charge >= 0.3 is 0 Å². The number of fused-ring (bicyclic) bond motifs is 4. The summed E-state index contributed by atoms with van der Waals surface area (Å²) in [6, 6.07) is 11.9. The average Bonchev–Trinajstić information content (AvgIpc) is 3.56. The van der Waals surface area contributed by atoms with Gasteiger partial charge in [-0.25, -0.2) is 0 Å². The maximum absolute atomic E-state index is 13.8. The lowest BCUT2D eigenvalue weighted by molar-refractivity contribution is 0.0964. The zero-order chi connectivity index (χ0) is 28.2. The number of carbonyl (C=O) groups is 1. The summed E-state index contributed by atoms with van der Waals surface area (Å²) in [4.78, 5) is 31.0. The van der Waals surface area contributed by atoms with Crippen LogP contribution in [0, 0.1) is 0 Å². The molecule has 0 fully saturated rings. The lowest BCUT2D eigenvalue weighted by atomic mass is 9.96. The number of aromatic nitrogens is 4. The van der Waals surface area contributed by atoms with Crippen molar-refractivity contribution in [3.8, 4) is 11.1 Å². The standard InChI is InChI=1S/C32H36N6O3/c1-34-10-13-38-25(19-34)17-24(33-38)15-22-14-23(18-35(2)31(22)40)26-7-5-9-29(27(26)20-39)37-12-11-36-28-8-4-3-6-21(28)16-30(36)32(37)41/h5,7,9,14,16-18,39H,3-4,6,8,10-13,15,19-20H2,1-2H3. The van der Waals surface area contributed by atoms with E-state index in [0.29, 0.717) is 24.1 Å². The second-order valence-electron chi connectivity index (χ2n) is 11.7. The Hall–Kier alpha value is -3.95. The summed E-state index contributed by atoms with van der Waals surface area (Å²) in [5.41, 5.74) is 9.07. The summed E-state index contributed by atoms with van der Waals surface area (Å²) < 4.78 is 5.85. The molecule has 4 aromatic rings. The van der Waals surface area contributed by atoms with Gasteiger partial charge in [0.15, 0.2) is 0 Å². The minimum absolute atomic E-state index is 0.0203. The maximum Gasteiger partial charge on any atom is 0.274 e. The van der Waals surface area contributed by atoms with Gasteiger partial charge in [-0.2, -0.15) is 5.10 Å². The number of aryl methyl sites for hydroxylation is 2. The number of pyridine rings is 1. The van der Waals surface area contributed by atoms with Crippen LogP contribution in [-0.4, -0.2) is 55.0 Å². The third-order valence-electron chi connectivity index (χ3n) is 9.00. The first-order valence-electron chi connectivity index (χ1n) is 14.6. The Morgan fingerprint density at radius 3 is 2.68 bits per heavy atom. The van der Waals surface area contributed by atoms with Gasteiger partial charge in [0.05, 0.1) is 30.2 Å². The van der Waals surface area contributed by atoms with Crippen molar-refractivity contribution in [3.63, 3.8) is 0 Å². The van der Waals surface area contributed by atoms with Gasteiger partial charge in [-0.1, -0.05) is 12.1 Å². The highest BCUT2D eigenvalue weighted by Gasteiger charge is 2.31. The van der Waals surface area contributed by atoms with Crippen LogP contribution < -0.4 is 10.5 Å². The monoisotopic (exact) mass is 552 g/mol. The SMILES string of the molecule is CN1CCn2nc(Cc3cc(-c4cccc(N5CCn6c(cc7c6CCCC7)C5=O)c4CO)cn(C)c3=O)cc2C1. The van der Waals surface area contributed by atoms with Crippen LogP contribution in [0.1, 0.15) is 57.1 Å². The predicted octanol–water partition coefficient (Wildman–Crippen LogP) is 3.12. The van der Waals surface area contributed by atoms with Crippen molar-refractivity contribution in [3.05, 3.63) is 92.4 Å². The molecule has 9 heteroatoms. The van der Waals surface area contributed by atoms with E-state index >= 15 is 0 Å². The van der Waals surface area contributed by atoms with Gasteiger partial charge in [-0.15, -0.1) is 0 Å². The van der Waals surface area contributed by atoms with Crippen molar-refractivity contribution in [1.29, 1.82) is 0 Å². The zero-order valence-electron chi connectivity index (χ0n) is 23.8. The summed E-state index contributed by atoms with van der Waals surface area (Å²) in [6.07, 6.45) is 6.67. The number of hydrogen-bond donors (Lipinski definition) is 1. The van der Waals surface area contributed by atoms with Gasteiger partial charge in [0.2, 0.25) is 0 Å². The van der Waals surface area contributed by atoms with Crippen LogP contribution in [0.2, 0.25) is 0 Å². The number of rotatable bonds is 5. The normalized spacial score (nSPS) is 17.0. The molecule has 212 valence electrons. The Balaban J connectivity index is 1.24. The van der Waals surface area contributed by atoms with E-state index in [4.69, 9.17) is 5.10 Å². The number of nitrogens with zero attached hydrogens (tertiary/aromatic N) is 6. The van der Waals surface area contributed by atoms with Crippen molar-refractivity contribution in [2.75, 3.05) is 25.0 Å². The molecule has 41 heavy (non-hydrogen) atoms. The van der Waals surface area contributed by atoms with Gasteiger partial charge in [-0.05, 0) is 73.7 Å². The van der Waals surface area contributed by atoms with Crippen molar-refractivity contribution in [2.45, 2.75) is 58.3 Å². The number of aliphatic hydroxyl groups is 1. The molecule has 9 nitrogen and oxygen atoms in total. The maximum atomic E-state index is 13.8. The van der Waals surface area contributed by atoms with E-state index in [9.17, 15) is 14.7 Å². The number of carbonyl (C=O) groups excluding carboxylic acids is 1. The molecule has 5 heterocycles. The molecule has 0 unspecified atom stereocenters. The molecular weight excluding hydrogens is 516 g/mol. The summed E-state index contributed by atoms with van der Waals surface area (Å²) in [6.45, 7) is 3.74. The Morgan fingerprint density at radius 1 is 0.976 bits per heavy atom. The molecule has 0 radical (unpaired) electrons. The summed E-state index contributed by atoms with van der Waals surface area (Å²) >= 11 is 0. The summed E-state index contributed by atoms with van der Waals surface area (Å²) in [5.74, 6) is -0.0203. The predicted molar refractivity (Wildman–Crippen MR) is 157 cm³/mol. The van der Waals surface area contributed by atoms with Gasteiger partial charge in [-0.3, -0.25) is 19.2 Å². The fraction of sp³-hybridized carbons (Fsp3) is 0.406. The Morgan fingerprint density at radius 2 is 1.83 bits per heavy atom. The molecule has 3 aliphatic rings. The number of amides is 1. The fourth-order valence-electron chi connectivity index (χ4n) is 6.92. The van der Waals surface area contributed by atoms with Crippen LogP contribution in [0.25, 0.3) is 11.1 Å². The molecule has 1 aromatic carbocycles. The molecule has 0 saturated carbocycles.